The quantitative estimate of drug-likeness (QED) is 0.751. The molecule has 1 N–H and O–H groups in total. The van der Waals surface area contributed by atoms with Crippen molar-refractivity contribution >= 4 is 17.2 Å². The standard InChI is InChI=1S/C18H17NO3S/c20-16(17-7-4-9-22-17)12-19(11-14-5-2-1-3-6-14)18(21)15-8-10-23-13-15/h1-10,13,16,20H,11-12H2/t16-/m1/s1. The van der Waals surface area contributed by atoms with Crippen LogP contribution in [0.2, 0.25) is 0 Å². The molecule has 3 aromatic rings. The van der Waals surface area contributed by atoms with Crippen molar-refractivity contribution in [3.05, 3.63) is 82.4 Å². The van der Waals surface area contributed by atoms with Gasteiger partial charge in [0.15, 0.2) is 0 Å². The molecule has 118 valence electrons. The summed E-state index contributed by atoms with van der Waals surface area (Å²) in [5.74, 6) is 0.363. The van der Waals surface area contributed by atoms with Crippen LogP contribution in [-0.4, -0.2) is 22.5 Å². The van der Waals surface area contributed by atoms with Crippen molar-refractivity contribution in [3.8, 4) is 0 Å². The molecule has 0 spiro atoms. The Bertz CT molecular complexity index is 723. The number of benzene rings is 1. The molecule has 0 saturated heterocycles. The van der Waals surface area contributed by atoms with Crippen molar-refractivity contribution in [2.24, 2.45) is 0 Å². The van der Waals surface area contributed by atoms with Gasteiger partial charge in [0.2, 0.25) is 0 Å². The zero-order chi connectivity index (χ0) is 16.1. The topological polar surface area (TPSA) is 53.7 Å². The number of furan rings is 1. The molecule has 0 unspecified atom stereocenters. The Morgan fingerprint density at radius 2 is 2.00 bits per heavy atom. The van der Waals surface area contributed by atoms with Gasteiger partial charge in [0.25, 0.3) is 5.91 Å². The van der Waals surface area contributed by atoms with Gasteiger partial charge in [-0.05, 0) is 29.1 Å². The summed E-state index contributed by atoms with van der Waals surface area (Å²) < 4.78 is 5.23. The smallest absolute Gasteiger partial charge is 0.255 e. The minimum Gasteiger partial charge on any atom is -0.467 e. The first-order chi connectivity index (χ1) is 11.2. The van der Waals surface area contributed by atoms with Gasteiger partial charge in [0.1, 0.15) is 11.9 Å². The molecule has 0 radical (unpaired) electrons. The van der Waals surface area contributed by atoms with Crippen LogP contribution in [0.4, 0.5) is 0 Å². The molecule has 5 heteroatoms. The lowest BCUT2D eigenvalue weighted by molar-refractivity contribution is 0.0563. The van der Waals surface area contributed by atoms with E-state index in [1.54, 1.807) is 23.1 Å². The average Bonchev–Trinajstić information content (AvgIpc) is 3.27. The minimum atomic E-state index is -0.851. The lowest BCUT2D eigenvalue weighted by Crippen LogP contribution is -2.34. The Hall–Kier alpha value is -2.37. The Kier molecular flexibility index (Phi) is 4.90. The normalized spacial score (nSPS) is 12.0. The first-order valence-corrected chi connectivity index (χ1v) is 8.25. The maximum Gasteiger partial charge on any atom is 0.255 e. The summed E-state index contributed by atoms with van der Waals surface area (Å²) in [4.78, 5) is 14.3. The third-order valence-electron chi connectivity index (χ3n) is 3.54. The number of carbonyl (C=O) groups excluding carboxylic acids is 1. The zero-order valence-corrected chi connectivity index (χ0v) is 13.3. The molecular formula is C18H17NO3S. The van der Waals surface area contributed by atoms with Gasteiger partial charge < -0.3 is 14.4 Å². The number of amides is 1. The van der Waals surface area contributed by atoms with E-state index in [1.165, 1.54) is 17.6 Å². The highest BCUT2D eigenvalue weighted by Gasteiger charge is 2.22. The summed E-state index contributed by atoms with van der Waals surface area (Å²) in [7, 11) is 0. The second-order valence-electron chi connectivity index (χ2n) is 5.21. The van der Waals surface area contributed by atoms with Gasteiger partial charge in [0, 0.05) is 11.9 Å². The van der Waals surface area contributed by atoms with Crippen molar-refractivity contribution in [3.63, 3.8) is 0 Å². The van der Waals surface area contributed by atoms with E-state index in [1.807, 2.05) is 41.1 Å². The van der Waals surface area contributed by atoms with E-state index in [4.69, 9.17) is 4.42 Å². The Morgan fingerprint density at radius 1 is 1.17 bits per heavy atom. The lowest BCUT2D eigenvalue weighted by Gasteiger charge is -2.24. The maximum atomic E-state index is 12.7. The van der Waals surface area contributed by atoms with Crippen molar-refractivity contribution in [1.82, 2.24) is 4.90 Å². The summed E-state index contributed by atoms with van der Waals surface area (Å²) >= 11 is 1.48. The van der Waals surface area contributed by atoms with E-state index in [0.29, 0.717) is 17.9 Å². The number of aliphatic hydroxyl groups excluding tert-OH is 1. The lowest BCUT2D eigenvalue weighted by atomic mass is 10.1. The maximum absolute atomic E-state index is 12.7. The molecule has 4 nitrogen and oxygen atoms in total. The number of thiophene rings is 1. The molecule has 0 fully saturated rings. The molecule has 0 bridgehead atoms. The summed E-state index contributed by atoms with van der Waals surface area (Å²) in [6, 6.07) is 15.0. The summed E-state index contributed by atoms with van der Waals surface area (Å²) in [6.45, 7) is 0.615. The first kappa shape index (κ1) is 15.5. The molecular weight excluding hydrogens is 310 g/mol. The van der Waals surface area contributed by atoms with Crippen molar-refractivity contribution < 1.29 is 14.3 Å². The molecule has 23 heavy (non-hydrogen) atoms. The third-order valence-corrected chi connectivity index (χ3v) is 4.22. The number of nitrogens with zero attached hydrogens (tertiary/aromatic N) is 1. The highest BCUT2D eigenvalue weighted by Crippen LogP contribution is 2.19. The summed E-state index contributed by atoms with van der Waals surface area (Å²) in [5, 5.41) is 14.0. The third kappa shape index (κ3) is 3.88. The molecule has 1 amide bonds. The van der Waals surface area contributed by atoms with Crippen LogP contribution in [0.5, 0.6) is 0 Å². The van der Waals surface area contributed by atoms with Crippen LogP contribution < -0.4 is 0 Å². The van der Waals surface area contributed by atoms with Gasteiger partial charge in [-0.25, -0.2) is 0 Å². The molecule has 0 saturated carbocycles. The molecule has 0 aliphatic rings. The SMILES string of the molecule is O=C(c1ccsc1)N(Cc1ccccc1)C[C@@H](O)c1ccco1. The minimum absolute atomic E-state index is 0.0966. The number of hydrogen-bond acceptors (Lipinski definition) is 4. The van der Waals surface area contributed by atoms with Crippen molar-refractivity contribution in [2.45, 2.75) is 12.6 Å². The van der Waals surface area contributed by atoms with Crippen LogP contribution >= 0.6 is 11.3 Å². The van der Waals surface area contributed by atoms with Crippen LogP contribution in [-0.2, 0) is 6.54 Å². The number of hydrogen-bond donors (Lipinski definition) is 1. The largest absolute Gasteiger partial charge is 0.467 e. The van der Waals surface area contributed by atoms with Crippen LogP contribution in [0.3, 0.4) is 0 Å². The number of rotatable bonds is 6. The van der Waals surface area contributed by atoms with Gasteiger partial charge in [-0.3, -0.25) is 4.79 Å². The highest BCUT2D eigenvalue weighted by atomic mass is 32.1. The van der Waals surface area contributed by atoms with Gasteiger partial charge >= 0.3 is 0 Å². The number of aliphatic hydroxyl groups is 1. The molecule has 2 heterocycles. The predicted molar refractivity (Wildman–Crippen MR) is 89.2 cm³/mol. The van der Waals surface area contributed by atoms with Gasteiger partial charge in [-0.2, -0.15) is 11.3 Å². The van der Waals surface area contributed by atoms with Crippen LogP contribution in [0, 0.1) is 0 Å². The molecule has 2 aromatic heterocycles. The van der Waals surface area contributed by atoms with Crippen LogP contribution in [0.1, 0.15) is 27.8 Å². The Morgan fingerprint density at radius 3 is 2.65 bits per heavy atom. The van der Waals surface area contributed by atoms with Crippen molar-refractivity contribution in [2.75, 3.05) is 6.54 Å². The molecule has 0 aliphatic carbocycles. The predicted octanol–water partition coefficient (Wildman–Crippen LogP) is 3.72. The number of carbonyl (C=O) groups is 1. The fourth-order valence-electron chi connectivity index (χ4n) is 2.37. The van der Waals surface area contributed by atoms with Crippen LogP contribution in [0.15, 0.2) is 70.0 Å². The zero-order valence-electron chi connectivity index (χ0n) is 12.5. The highest BCUT2D eigenvalue weighted by molar-refractivity contribution is 7.08. The monoisotopic (exact) mass is 327 g/mol. The fraction of sp³-hybridized carbons (Fsp3) is 0.167. The first-order valence-electron chi connectivity index (χ1n) is 7.31. The van der Waals surface area contributed by atoms with E-state index in [2.05, 4.69) is 0 Å². The second kappa shape index (κ2) is 7.26. The summed E-state index contributed by atoms with van der Waals surface area (Å²) in [6.07, 6.45) is 0.664. The Labute approximate surface area is 138 Å². The van der Waals surface area contributed by atoms with Crippen molar-refractivity contribution in [1.29, 1.82) is 0 Å². The Balaban J connectivity index is 1.79. The van der Waals surface area contributed by atoms with E-state index >= 15 is 0 Å². The van der Waals surface area contributed by atoms with E-state index in [9.17, 15) is 9.90 Å². The van der Waals surface area contributed by atoms with Gasteiger partial charge in [0.05, 0.1) is 18.4 Å². The molecule has 0 aliphatic heterocycles. The van der Waals surface area contributed by atoms with Gasteiger partial charge in [-0.1, -0.05) is 30.3 Å². The molecule has 3 rings (SSSR count). The van der Waals surface area contributed by atoms with E-state index in [-0.39, 0.29) is 12.5 Å². The molecule has 1 aromatic carbocycles. The fourth-order valence-corrected chi connectivity index (χ4v) is 3.00. The summed E-state index contributed by atoms with van der Waals surface area (Å²) in [5.41, 5.74) is 1.65. The van der Waals surface area contributed by atoms with E-state index in [0.717, 1.165) is 5.56 Å². The second-order valence-corrected chi connectivity index (χ2v) is 5.99. The van der Waals surface area contributed by atoms with Gasteiger partial charge in [-0.15, -0.1) is 0 Å². The van der Waals surface area contributed by atoms with E-state index < -0.39 is 6.10 Å². The molecule has 1 atom stereocenters. The average molecular weight is 327 g/mol. The van der Waals surface area contributed by atoms with Crippen LogP contribution in [0.25, 0.3) is 0 Å².